The summed E-state index contributed by atoms with van der Waals surface area (Å²) < 4.78 is 2.62. The summed E-state index contributed by atoms with van der Waals surface area (Å²) in [6, 6.07) is 13.6. The van der Waals surface area contributed by atoms with E-state index in [4.69, 9.17) is 0 Å². The predicted octanol–water partition coefficient (Wildman–Crippen LogP) is 4.81. The van der Waals surface area contributed by atoms with Gasteiger partial charge in [-0.05, 0) is 66.0 Å². The lowest BCUT2D eigenvalue weighted by Gasteiger charge is -2.10. The Kier molecular flexibility index (Phi) is 4.53. The van der Waals surface area contributed by atoms with Crippen molar-refractivity contribution in [2.45, 2.75) is 20.8 Å². The van der Waals surface area contributed by atoms with Crippen molar-refractivity contribution in [1.29, 1.82) is 0 Å². The predicted molar refractivity (Wildman–Crippen MR) is 99.9 cm³/mol. The summed E-state index contributed by atoms with van der Waals surface area (Å²) >= 11 is 3.41. The summed E-state index contributed by atoms with van der Waals surface area (Å²) in [6.45, 7) is 6.05. The van der Waals surface area contributed by atoms with Gasteiger partial charge in [-0.15, -0.1) is 0 Å². The third-order valence-electron chi connectivity index (χ3n) is 3.97. The van der Waals surface area contributed by atoms with Crippen molar-refractivity contribution in [2.24, 2.45) is 0 Å². The lowest BCUT2D eigenvalue weighted by atomic mass is 10.1. The highest BCUT2D eigenvalue weighted by Gasteiger charge is 2.15. The summed E-state index contributed by atoms with van der Waals surface area (Å²) in [5.74, 6) is -0.161. The van der Waals surface area contributed by atoms with Crippen LogP contribution in [0.25, 0.3) is 5.69 Å². The summed E-state index contributed by atoms with van der Waals surface area (Å²) in [5, 5.41) is 7.39. The minimum absolute atomic E-state index is 0.161. The van der Waals surface area contributed by atoms with Crippen molar-refractivity contribution in [2.75, 3.05) is 5.32 Å². The van der Waals surface area contributed by atoms with E-state index in [0.29, 0.717) is 11.3 Å². The van der Waals surface area contributed by atoms with Crippen LogP contribution in [-0.4, -0.2) is 15.7 Å². The van der Waals surface area contributed by atoms with E-state index >= 15 is 0 Å². The highest BCUT2D eigenvalue weighted by molar-refractivity contribution is 9.10. The van der Waals surface area contributed by atoms with E-state index in [0.717, 1.165) is 21.4 Å². The normalized spacial score (nSPS) is 10.7. The molecule has 0 saturated heterocycles. The molecule has 0 bridgehead atoms. The van der Waals surface area contributed by atoms with E-state index in [1.807, 2.05) is 29.8 Å². The van der Waals surface area contributed by atoms with Crippen LogP contribution in [0.2, 0.25) is 0 Å². The van der Waals surface area contributed by atoms with Crippen LogP contribution in [0.5, 0.6) is 0 Å². The van der Waals surface area contributed by atoms with Crippen molar-refractivity contribution in [3.63, 3.8) is 0 Å². The Morgan fingerprint density at radius 2 is 1.88 bits per heavy atom. The molecule has 0 unspecified atom stereocenters. The number of aryl methyl sites for hydroxylation is 2. The van der Waals surface area contributed by atoms with Gasteiger partial charge in [-0.2, -0.15) is 5.10 Å². The second-order valence-electron chi connectivity index (χ2n) is 5.78. The Labute approximate surface area is 149 Å². The number of carbonyl (C=O) groups is 1. The summed E-state index contributed by atoms with van der Waals surface area (Å²) in [4.78, 5) is 12.5. The highest BCUT2D eigenvalue weighted by Crippen LogP contribution is 2.23. The maximum absolute atomic E-state index is 12.5. The first-order valence-corrected chi connectivity index (χ1v) is 8.45. The Balaban J connectivity index is 1.92. The number of hydrogen-bond acceptors (Lipinski definition) is 2. The minimum atomic E-state index is -0.161. The second-order valence-corrected chi connectivity index (χ2v) is 6.63. The molecule has 0 spiro atoms. The van der Waals surface area contributed by atoms with Crippen LogP contribution in [0, 0.1) is 20.8 Å². The zero-order valence-corrected chi connectivity index (χ0v) is 15.4. The van der Waals surface area contributed by atoms with Gasteiger partial charge in [0, 0.05) is 4.47 Å². The van der Waals surface area contributed by atoms with E-state index < -0.39 is 0 Å². The number of anilines is 1. The maximum Gasteiger partial charge on any atom is 0.256 e. The number of halogens is 1. The Hall–Kier alpha value is -2.40. The molecule has 5 heteroatoms. The standard InChI is InChI=1S/C19H18BrN3O/c1-12-8-9-13(2)18(10-12)23-14(3)17(11-21-23)22-19(24)15-6-4-5-7-16(15)20/h4-11H,1-3H3,(H,22,24). The fourth-order valence-electron chi connectivity index (χ4n) is 2.56. The average molecular weight is 384 g/mol. The molecular formula is C19H18BrN3O. The van der Waals surface area contributed by atoms with Crippen LogP contribution in [0.15, 0.2) is 53.1 Å². The first-order chi connectivity index (χ1) is 11.5. The Morgan fingerprint density at radius 1 is 1.12 bits per heavy atom. The molecule has 1 heterocycles. The van der Waals surface area contributed by atoms with Crippen molar-refractivity contribution in [3.05, 3.63) is 75.5 Å². The average Bonchev–Trinajstić information content (AvgIpc) is 2.91. The van der Waals surface area contributed by atoms with E-state index in [2.05, 4.69) is 58.4 Å². The number of rotatable bonds is 3. The van der Waals surface area contributed by atoms with E-state index in [1.54, 1.807) is 12.3 Å². The first-order valence-electron chi connectivity index (χ1n) is 7.65. The quantitative estimate of drug-likeness (QED) is 0.704. The lowest BCUT2D eigenvalue weighted by Crippen LogP contribution is -2.13. The number of nitrogens with one attached hydrogen (secondary N) is 1. The number of aromatic nitrogens is 2. The van der Waals surface area contributed by atoms with Crippen LogP contribution in [0.4, 0.5) is 5.69 Å². The molecule has 0 fully saturated rings. The Morgan fingerprint density at radius 3 is 2.62 bits per heavy atom. The zero-order valence-electron chi connectivity index (χ0n) is 13.8. The number of hydrogen-bond donors (Lipinski definition) is 1. The smallest absolute Gasteiger partial charge is 0.256 e. The number of amides is 1. The zero-order chi connectivity index (χ0) is 17.3. The maximum atomic E-state index is 12.5. The van der Waals surface area contributed by atoms with Gasteiger partial charge in [0.2, 0.25) is 0 Å². The van der Waals surface area contributed by atoms with Crippen LogP contribution in [0.3, 0.4) is 0 Å². The van der Waals surface area contributed by atoms with E-state index in [-0.39, 0.29) is 5.91 Å². The molecule has 0 saturated carbocycles. The fraction of sp³-hybridized carbons (Fsp3) is 0.158. The summed E-state index contributed by atoms with van der Waals surface area (Å²) in [6.07, 6.45) is 1.69. The van der Waals surface area contributed by atoms with Crippen molar-refractivity contribution in [1.82, 2.24) is 9.78 Å². The van der Waals surface area contributed by atoms with Gasteiger partial charge in [-0.25, -0.2) is 4.68 Å². The topological polar surface area (TPSA) is 46.9 Å². The SMILES string of the molecule is Cc1ccc(C)c(-n2ncc(NC(=O)c3ccccc3Br)c2C)c1. The number of nitrogens with zero attached hydrogens (tertiary/aromatic N) is 2. The lowest BCUT2D eigenvalue weighted by molar-refractivity contribution is 0.102. The van der Waals surface area contributed by atoms with Gasteiger partial charge < -0.3 is 5.32 Å². The molecule has 0 atom stereocenters. The molecule has 3 aromatic rings. The van der Waals surface area contributed by atoms with Gasteiger partial charge in [0.25, 0.3) is 5.91 Å². The molecule has 24 heavy (non-hydrogen) atoms. The van der Waals surface area contributed by atoms with E-state index in [1.165, 1.54) is 5.56 Å². The Bertz CT molecular complexity index is 915. The van der Waals surface area contributed by atoms with E-state index in [9.17, 15) is 4.79 Å². The van der Waals surface area contributed by atoms with Gasteiger partial charge in [0.05, 0.1) is 28.8 Å². The van der Waals surface area contributed by atoms with Crippen LogP contribution >= 0.6 is 15.9 Å². The van der Waals surface area contributed by atoms with Crippen LogP contribution in [-0.2, 0) is 0 Å². The molecule has 0 aliphatic heterocycles. The van der Waals surface area contributed by atoms with Gasteiger partial charge in [-0.3, -0.25) is 4.79 Å². The third-order valence-corrected chi connectivity index (χ3v) is 4.66. The molecule has 0 aliphatic carbocycles. The second kappa shape index (κ2) is 6.61. The van der Waals surface area contributed by atoms with Gasteiger partial charge in [-0.1, -0.05) is 24.3 Å². The van der Waals surface area contributed by atoms with Crippen molar-refractivity contribution < 1.29 is 4.79 Å². The van der Waals surface area contributed by atoms with Crippen molar-refractivity contribution in [3.8, 4) is 5.69 Å². The third kappa shape index (κ3) is 3.12. The minimum Gasteiger partial charge on any atom is -0.319 e. The van der Waals surface area contributed by atoms with Gasteiger partial charge in [0.15, 0.2) is 0 Å². The van der Waals surface area contributed by atoms with Gasteiger partial charge in [0.1, 0.15) is 0 Å². The summed E-state index contributed by atoms with van der Waals surface area (Å²) in [5.41, 5.74) is 5.52. The van der Waals surface area contributed by atoms with Crippen molar-refractivity contribution >= 4 is 27.5 Å². The molecule has 122 valence electrons. The molecule has 0 aliphatic rings. The largest absolute Gasteiger partial charge is 0.319 e. The number of benzene rings is 2. The molecule has 2 aromatic carbocycles. The van der Waals surface area contributed by atoms with Crippen LogP contribution < -0.4 is 5.32 Å². The monoisotopic (exact) mass is 383 g/mol. The summed E-state index contributed by atoms with van der Waals surface area (Å²) in [7, 11) is 0. The molecule has 0 radical (unpaired) electrons. The molecule has 3 rings (SSSR count). The molecule has 4 nitrogen and oxygen atoms in total. The fourth-order valence-corrected chi connectivity index (χ4v) is 3.02. The molecule has 1 amide bonds. The molecular weight excluding hydrogens is 366 g/mol. The molecule has 1 aromatic heterocycles. The highest BCUT2D eigenvalue weighted by atomic mass is 79.9. The first kappa shape index (κ1) is 16.5. The van der Waals surface area contributed by atoms with Gasteiger partial charge >= 0.3 is 0 Å². The number of carbonyl (C=O) groups excluding carboxylic acids is 1. The van der Waals surface area contributed by atoms with Crippen LogP contribution in [0.1, 0.15) is 27.2 Å². The molecule has 1 N–H and O–H groups in total.